The zero-order chi connectivity index (χ0) is 15.0. The minimum Gasteiger partial charge on any atom is -0.385 e. The van der Waals surface area contributed by atoms with Gasteiger partial charge in [0.15, 0.2) is 10.7 Å². The van der Waals surface area contributed by atoms with Crippen molar-refractivity contribution < 1.29 is 12.9 Å². The molecule has 112 valence electrons. The Bertz CT molecular complexity index is 761. The van der Waals surface area contributed by atoms with Crippen molar-refractivity contribution in [1.82, 2.24) is 5.16 Å². The maximum atomic E-state index is 12.4. The van der Waals surface area contributed by atoms with Gasteiger partial charge in [-0.2, -0.15) is 0 Å². The second-order valence-corrected chi connectivity index (χ2v) is 6.78. The van der Waals surface area contributed by atoms with Gasteiger partial charge in [0.05, 0.1) is 0 Å². The highest BCUT2D eigenvalue weighted by atomic mass is 32.2. The monoisotopic (exact) mass is 307 g/mol. The molecule has 6 nitrogen and oxygen atoms in total. The Balaban J connectivity index is 1.93. The van der Waals surface area contributed by atoms with Crippen molar-refractivity contribution in [1.29, 1.82) is 0 Å². The predicted octanol–water partition coefficient (Wildman–Crippen LogP) is 2.45. The van der Waals surface area contributed by atoms with E-state index in [1.165, 1.54) is 0 Å². The fraction of sp³-hybridized carbons (Fsp3) is 0.357. The van der Waals surface area contributed by atoms with Crippen LogP contribution in [0.2, 0.25) is 0 Å². The van der Waals surface area contributed by atoms with E-state index in [1.807, 2.05) is 12.1 Å². The predicted molar refractivity (Wildman–Crippen MR) is 80.0 cm³/mol. The van der Waals surface area contributed by atoms with E-state index < -0.39 is 10.0 Å². The van der Waals surface area contributed by atoms with Gasteiger partial charge in [0.25, 0.3) is 10.0 Å². The van der Waals surface area contributed by atoms with E-state index >= 15 is 0 Å². The second kappa shape index (κ2) is 5.07. The van der Waals surface area contributed by atoms with Gasteiger partial charge in [0.1, 0.15) is 5.69 Å². The zero-order valence-electron chi connectivity index (χ0n) is 11.9. The second-order valence-electron chi connectivity index (χ2n) is 5.16. The smallest absolute Gasteiger partial charge is 0.267 e. The van der Waals surface area contributed by atoms with Crippen LogP contribution in [-0.4, -0.2) is 20.1 Å². The Morgan fingerprint density at radius 3 is 2.86 bits per heavy atom. The van der Waals surface area contributed by atoms with E-state index in [2.05, 4.69) is 15.2 Å². The number of hydrogen-bond acceptors (Lipinski definition) is 5. The summed E-state index contributed by atoms with van der Waals surface area (Å²) in [5.74, 6) is 0.291. The largest absolute Gasteiger partial charge is 0.385 e. The molecule has 21 heavy (non-hydrogen) atoms. The fourth-order valence-corrected chi connectivity index (χ4v) is 3.98. The summed E-state index contributed by atoms with van der Waals surface area (Å²) >= 11 is 0. The van der Waals surface area contributed by atoms with Crippen molar-refractivity contribution in [3.05, 3.63) is 35.2 Å². The molecule has 0 aliphatic carbocycles. The maximum Gasteiger partial charge on any atom is 0.267 e. The first kappa shape index (κ1) is 13.9. The van der Waals surface area contributed by atoms with Gasteiger partial charge >= 0.3 is 0 Å². The molecule has 1 aliphatic heterocycles. The summed E-state index contributed by atoms with van der Waals surface area (Å²) in [4.78, 5) is 0.110. The van der Waals surface area contributed by atoms with E-state index in [-0.39, 0.29) is 4.90 Å². The summed E-state index contributed by atoms with van der Waals surface area (Å²) in [5.41, 5.74) is 3.11. The van der Waals surface area contributed by atoms with Gasteiger partial charge in [-0.3, -0.25) is 4.72 Å². The van der Waals surface area contributed by atoms with Crippen molar-refractivity contribution in [3.63, 3.8) is 0 Å². The highest BCUT2D eigenvalue weighted by Gasteiger charge is 2.24. The quantitative estimate of drug-likeness (QED) is 0.910. The SMILES string of the molecule is Cc1noc(C)c1S(=O)(=O)Nc1ccc2c(c1)CCCN2. The number of nitrogens with one attached hydrogen (secondary N) is 2. The summed E-state index contributed by atoms with van der Waals surface area (Å²) in [6, 6.07) is 5.53. The van der Waals surface area contributed by atoms with Crippen LogP contribution in [0.1, 0.15) is 23.4 Å². The van der Waals surface area contributed by atoms with Crippen LogP contribution in [0.15, 0.2) is 27.6 Å². The topological polar surface area (TPSA) is 84.2 Å². The molecule has 0 unspecified atom stereocenters. The van der Waals surface area contributed by atoms with E-state index in [1.54, 1.807) is 19.9 Å². The molecule has 1 aromatic carbocycles. The molecule has 0 amide bonds. The third kappa shape index (κ3) is 2.61. The summed E-state index contributed by atoms with van der Waals surface area (Å²) in [6.07, 6.45) is 2.00. The van der Waals surface area contributed by atoms with Crippen LogP contribution >= 0.6 is 0 Å². The van der Waals surface area contributed by atoms with Crippen molar-refractivity contribution in [2.75, 3.05) is 16.6 Å². The summed E-state index contributed by atoms with van der Waals surface area (Å²) in [5, 5.41) is 6.99. The average molecular weight is 307 g/mol. The molecule has 2 heterocycles. The number of hydrogen-bond donors (Lipinski definition) is 2. The van der Waals surface area contributed by atoms with E-state index in [0.29, 0.717) is 17.1 Å². The Labute approximate surface area is 123 Å². The number of fused-ring (bicyclic) bond motifs is 1. The third-order valence-electron chi connectivity index (χ3n) is 3.53. The van der Waals surface area contributed by atoms with Crippen molar-refractivity contribution in [2.45, 2.75) is 31.6 Å². The van der Waals surface area contributed by atoms with Crippen LogP contribution < -0.4 is 10.0 Å². The summed E-state index contributed by atoms with van der Waals surface area (Å²) in [6.45, 7) is 4.16. The fourth-order valence-electron chi connectivity index (χ4n) is 2.60. The summed E-state index contributed by atoms with van der Waals surface area (Å²) < 4.78 is 32.4. The standard InChI is InChI=1S/C14H17N3O3S/c1-9-14(10(2)20-16-9)21(18,19)17-12-5-6-13-11(8-12)4-3-7-15-13/h5-6,8,15,17H,3-4,7H2,1-2H3. The van der Waals surface area contributed by atoms with Crippen LogP contribution in [-0.2, 0) is 16.4 Å². The van der Waals surface area contributed by atoms with Gasteiger partial charge in [-0.05, 0) is 50.5 Å². The molecule has 3 rings (SSSR count). The molecule has 0 saturated carbocycles. The first-order valence-corrected chi connectivity index (χ1v) is 8.28. The van der Waals surface area contributed by atoms with E-state index in [9.17, 15) is 8.42 Å². The van der Waals surface area contributed by atoms with Crippen molar-refractivity contribution in [3.8, 4) is 0 Å². The maximum absolute atomic E-state index is 12.4. The van der Waals surface area contributed by atoms with Crippen LogP contribution in [0.3, 0.4) is 0 Å². The molecule has 0 radical (unpaired) electrons. The van der Waals surface area contributed by atoms with E-state index in [4.69, 9.17) is 4.52 Å². The molecule has 0 fully saturated rings. The number of benzene rings is 1. The van der Waals surface area contributed by atoms with Crippen LogP contribution in [0.25, 0.3) is 0 Å². The Morgan fingerprint density at radius 2 is 2.14 bits per heavy atom. The Morgan fingerprint density at radius 1 is 1.33 bits per heavy atom. The molecule has 1 aliphatic rings. The lowest BCUT2D eigenvalue weighted by molar-refractivity contribution is 0.390. The molecule has 0 spiro atoms. The highest BCUT2D eigenvalue weighted by Crippen LogP contribution is 2.27. The number of rotatable bonds is 3. The molecule has 1 aromatic heterocycles. The van der Waals surface area contributed by atoms with Crippen molar-refractivity contribution in [2.24, 2.45) is 0 Å². The first-order valence-electron chi connectivity index (χ1n) is 6.80. The van der Waals surface area contributed by atoms with Gasteiger partial charge in [0, 0.05) is 17.9 Å². The van der Waals surface area contributed by atoms with E-state index in [0.717, 1.165) is 30.6 Å². The number of sulfonamides is 1. The number of nitrogens with zero attached hydrogens (tertiary/aromatic N) is 1. The first-order chi connectivity index (χ1) is 9.97. The third-order valence-corrected chi connectivity index (χ3v) is 5.16. The normalized spacial score (nSPS) is 14.4. The number of aryl methyl sites for hydroxylation is 3. The lowest BCUT2D eigenvalue weighted by Crippen LogP contribution is -2.16. The Hall–Kier alpha value is -2.02. The van der Waals surface area contributed by atoms with Gasteiger partial charge in [-0.15, -0.1) is 0 Å². The molecule has 0 saturated heterocycles. The average Bonchev–Trinajstić information content (AvgIpc) is 2.78. The van der Waals surface area contributed by atoms with Gasteiger partial charge in [-0.25, -0.2) is 8.42 Å². The Kier molecular flexibility index (Phi) is 3.36. The van der Waals surface area contributed by atoms with Crippen LogP contribution in [0, 0.1) is 13.8 Å². The van der Waals surface area contributed by atoms with Gasteiger partial charge in [0.2, 0.25) is 0 Å². The number of aromatic nitrogens is 1. The van der Waals surface area contributed by atoms with Gasteiger partial charge < -0.3 is 9.84 Å². The number of anilines is 2. The molecule has 7 heteroatoms. The molecule has 2 aromatic rings. The molecular formula is C14H17N3O3S. The molecule has 2 N–H and O–H groups in total. The minimum atomic E-state index is -3.68. The lowest BCUT2D eigenvalue weighted by atomic mass is 10.0. The minimum absolute atomic E-state index is 0.110. The molecule has 0 bridgehead atoms. The zero-order valence-corrected chi connectivity index (χ0v) is 12.8. The summed E-state index contributed by atoms with van der Waals surface area (Å²) in [7, 11) is -3.68. The molecular weight excluding hydrogens is 290 g/mol. The van der Waals surface area contributed by atoms with Crippen LogP contribution in [0.5, 0.6) is 0 Å². The highest BCUT2D eigenvalue weighted by molar-refractivity contribution is 7.92. The lowest BCUT2D eigenvalue weighted by Gasteiger charge is -2.19. The van der Waals surface area contributed by atoms with Crippen molar-refractivity contribution >= 4 is 21.4 Å². The van der Waals surface area contributed by atoms with Gasteiger partial charge in [-0.1, -0.05) is 5.16 Å². The van der Waals surface area contributed by atoms with Crippen LogP contribution in [0.4, 0.5) is 11.4 Å². The molecule has 0 atom stereocenters.